The van der Waals surface area contributed by atoms with Crippen molar-refractivity contribution in [2.75, 3.05) is 6.61 Å². The topological polar surface area (TPSA) is 47.6 Å². The van der Waals surface area contributed by atoms with Crippen molar-refractivity contribution in [3.63, 3.8) is 0 Å². The first kappa shape index (κ1) is 15.3. The Balaban J connectivity index is 2.43. The summed E-state index contributed by atoms with van der Waals surface area (Å²) in [7, 11) is 0. The van der Waals surface area contributed by atoms with Crippen LogP contribution in [0.5, 0.6) is 5.75 Å². The number of amides is 1. The number of ether oxygens (including phenoxy) is 1. The normalized spacial score (nSPS) is 11.2. The van der Waals surface area contributed by atoms with E-state index in [1.165, 1.54) is 0 Å². The van der Waals surface area contributed by atoms with E-state index in [4.69, 9.17) is 21.2 Å². The molecule has 0 radical (unpaired) electrons. The molecule has 1 aromatic carbocycles. The van der Waals surface area contributed by atoms with Gasteiger partial charge < -0.3 is 4.74 Å². The standard InChI is InChI=1S/C12H15BrClNO3/c1-12(2,3)18-15-11(16)7-17-10-5-4-8(13)6-9(10)14/h4-6H,7H2,1-3H3,(H,15,16). The van der Waals surface area contributed by atoms with E-state index in [-0.39, 0.29) is 12.5 Å². The Morgan fingerprint density at radius 2 is 2.11 bits per heavy atom. The summed E-state index contributed by atoms with van der Waals surface area (Å²) in [5, 5.41) is 0.439. The molecule has 6 heteroatoms. The number of rotatable bonds is 4. The van der Waals surface area contributed by atoms with Crippen molar-refractivity contribution < 1.29 is 14.4 Å². The highest BCUT2D eigenvalue weighted by molar-refractivity contribution is 9.10. The predicted molar refractivity (Wildman–Crippen MR) is 73.6 cm³/mol. The molecule has 0 aromatic heterocycles. The Kier molecular flexibility index (Phi) is 5.44. The van der Waals surface area contributed by atoms with E-state index in [2.05, 4.69) is 21.4 Å². The van der Waals surface area contributed by atoms with Crippen molar-refractivity contribution in [3.05, 3.63) is 27.7 Å². The molecule has 1 amide bonds. The lowest BCUT2D eigenvalue weighted by molar-refractivity contribution is -0.147. The molecular formula is C12H15BrClNO3. The van der Waals surface area contributed by atoms with E-state index in [0.717, 1.165) is 4.47 Å². The minimum atomic E-state index is -0.440. The van der Waals surface area contributed by atoms with Crippen LogP contribution in [0.4, 0.5) is 0 Å². The van der Waals surface area contributed by atoms with E-state index in [0.29, 0.717) is 10.8 Å². The van der Waals surface area contributed by atoms with Gasteiger partial charge in [0, 0.05) is 4.47 Å². The number of hydrogen-bond acceptors (Lipinski definition) is 3. The van der Waals surface area contributed by atoms with Crippen molar-refractivity contribution >= 4 is 33.4 Å². The zero-order valence-electron chi connectivity index (χ0n) is 10.4. The molecule has 0 atom stereocenters. The fraction of sp³-hybridized carbons (Fsp3) is 0.417. The molecule has 0 aliphatic heterocycles. The van der Waals surface area contributed by atoms with Gasteiger partial charge >= 0.3 is 0 Å². The van der Waals surface area contributed by atoms with Crippen LogP contribution in [-0.4, -0.2) is 18.1 Å². The molecule has 4 nitrogen and oxygen atoms in total. The van der Waals surface area contributed by atoms with Gasteiger partial charge in [-0.1, -0.05) is 27.5 Å². The van der Waals surface area contributed by atoms with Crippen molar-refractivity contribution in [2.45, 2.75) is 26.4 Å². The third-order valence-electron chi connectivity index (χ3n) is 1.72. The fourth-order valence-corrected chi connectivity index (χ4v) is 1.70. The maximum Gasteiger partial charge on any atom is 0.281 e. The lowest BCUT2D eigenvalue weighted by Crippen LogP contribution is -2.36. The van der Waals surface area contributed by atoms with Gasteiger partial charge in [-0.3, -0.25) is 9.63 Å². The van der Waals surface area contributed by atoms with Gasteiger partial charge in [-0.2, -0.15) is 0 Å². The van der Waals surface area contributed by atoms with E-state index < -0.39 is 5.60 Å². The van der Waals surface area contributed by atoms with Gasteiger partial charge in [-0.15, -0.1) is 0 Å². The highest BCUT2D eigenvalue weighted by Crippen LogP contribution is 2.27. The summed E-state index contributed by atoms with van der Waals surface area (Å²) in [5.74, 6) is 0.0784. The van der Waals surface area contributed by atoms with Gasteiger partial charge in [0.1, 0.15) is 5.75 Å². The minimum absolute atomic E-state index is 0.155. The Labute approximate surface area is 120 Å². The van der Waals surface area contributed by atoms with E-state index >= 15 is 0 Å². The fourth-order valence-electron chi connectivity index (χ4n) is 0.975. The van der Waals surface area contributed by atoms with Gasteiger partial charge in [0.25, 0.3) is 5.91 Å². The SMILES string of the molecule is CC(C)(C)ONC(=O)COc1ccc(Br)cc1Cl. The highest BCUT2D eigenvalue weighted by atomic mass is 79.9. The molecule has 0 aliphatic rings. The zero-order valence-corrected chi connectivity index (χ0v) is 12.8. The van der Waals surface area contributed by atoms with Gasteiger partial charge in [0.05, 0.1) is 10.6 Å². The number of halogens is 2. The number of carbonyl (C=O) groups is 1. The van der Waals surface area contributed by atoms with Crippen LogP contribution < -0.4 is 10.2 Å². The predicted octanol–water partition coefficient (Wildman–Crippen LogP) is 3.33. The number of carbonyl (C=O) groups excluding carboxylic acids is 1. The summed E-state index contributed by atoms with van der Waals surface area (Å²) in [5.41, 5.74) is 1.87. The van der Waals surface area contributed by atoms with Crippen molar-refractivity contribution in [3.8, 4) is 5.75 Å². The van der Waals surface area contributed by atoms with Gasteiger partial charge in [-0.25, -0.2) is 5.48 Å². The lowest BCUT2D eigenvalue weighted by atomic mass is 10.2. The average Bonchev–Trinajstić information content (AvgIpc) is 2.24. The second-order valence-electron chi connectivity index (χ2n) is 4.60. The molecule has 0 spiro atoms. The average molecular weight is 337 g/mol. The maximum atomic E-state index is 11.4. The van der Waals surface area contributed by atoms with Crippen LogP contribution in [0.25, 0.3) is 0 Å². The number of hydroxylamine groups is 1. The van der Waals surface area contributed by atoms with Gasteiger partial charge in [-0.05, 0) is 39.0 Å². The van der Waals surface area contributed by atoms with Crippen LogP contribution in [0.1, 0.15) is 20.8 Å². The van der Waals surface area contributed by atoms with Crippen molar-refractivity contribution in [2.24, 2.45) is 0 Å². The molecule has 100 valence electrons. The van der Waals surface area contributed by atoms with Crippen LogP contribution in [-0.2, 0) is 9.63 Å². The van der Waals surface area contributed by atoms with E-state index in [1.807, 2.05) is 20.8 Å². The minimum Gasteiger partial charge on any atom is -0.482 e. The van der Waals surface area contributed by atoms with Crippen LogP contribution >= 0.6 is 27.5 Å². The molecule has 1 rings (SSSR count). The Bertz CT molecular complexity index is 432. The number of hydrogen-bond donors (Lipinski definition) is 1. The number of nitrogens with one attached hydrogen (secondary N) is 1. The largest absolute Gasteiger partial charge is 0.482 e. The molecule has 1 aromatic rings. The van der Waals surface area contributed by atoms with Gasteiger partial charge in [0.2, 0.25) is 0 Å². The Morgan fingerprint density at radius 3 is 2.67 bits per heavy atom. The summed E-state index contributed by atoms with van der Waals surface area (Å²) in [6, 6.07) is 5.16. The monoisotopic (exact) mass is 335 g/mol. The second-order valence-corrected chi connectivity index (χ2v) is 5.93. The molecular weight excluding hydrogens is 321 g/mol. The summed E-state index contributed by atoms with van der Waals surface area (Å²) < 4.78 is 6.12. The molecule has 18 heavy (non-hydrogen) atoms. The lowest BCUT2D eigenvalue weighted by Gasteiger charge is -2.19. The quantitative estimate of drug-likeness (QED) is 0.858. The smallest absolute Gasteiger partial charge is 0.281 e. The maximum absolute atomic E-state index is 11.4. The number of benzene rings is 1. The molecule has 1 N–H and O–H groups in total. The third-order valence-corrected chi connectivity index (χ3v) is 2.51. The van der Waals surface area contributed by atoms with E-state index in [9.17, 15) is 4.79 Å². The van der Waals surface area contributed by atoms with Crippen LogP contribution in [0.3, 0.4) is 0 Å². The second kappa shape index (κ2) is 6.41. The first-order valence-corrected chi connectivity index (χ1v) is 6.50. The zero-order chi connectivity index (χ0) is 13.8. The summed E-state index contributed by atoms with van der Waals surface area (Å²) >= 11 is 9.23. The highest BCUT2D eigenvalue weighted by Gasteiger charge is 2.13. The van der Waals surface area contributed by atoms with Crippen LogP contribution in [0.15, 0.2) is 22.7 Å². The first-order valence-electron chi connectivity index (χ1n) is 5.32. The van der Waals surface area contributed by atoms with Crippen molar-refractivity contribution in [1.29, 1.82) is 0 Å². The molecule has 0 bridgehead atoms. The molecule has 0 fully saturated rings. The van der Waals surface area contributed by atoms with Crippen LogP contribution in [0, 0.1) is 0 Å². The summed E-state index contributed by atoms with van der Waals surface area (Å²) in [6.07, 6.45) is 0. The third kappa shape index (κ3) is 5.71. The molecule has 0 aliphatic carbocycles. The summed E-state index contributed by atoms with van der Waals surface area (Å²) in [4.78, 5) is 16.5. The van der Waals surface area contributed by atoms with Gasteiger partial charge in [0.15, 0.2) is 6.61 Å². The van der Waals surface area contributed by atoms with E-state index in [1.54, 1.807) is 18.2 Å². The molecule has 0 saturated carbocycles. The molecule has 0 heterocycles. The summed E-state index contributed by atoms with van der Waals surface area (Å²) in [6.45, 7) is 5.34. The first-order chi connectivity index (χ1) is 8.28. The molecule has 0 unspecified atom stereocenters. The Hall–Kier alpha value is -0.780. The van der Waals surface area contributed by atoms with Crippen LogP contribution in [0.2, 0.25) is 5.02 Å². The van der Waals surface area contributed by atoms with Crippen molar-refractivity contribution in [1.82, 2.24) is 5.48 Å². The molecule has 0 saturated heterocycles. The Morgan fingerprint density at radius 1 is 1.44 bits per heavy atom.